The molecule has 2 aromatic carbocycles. The van der Waals surface area contributed by atoms with E-state index >= 15 is 0 Å². The molecule has 146 valence electrons. The number of nitrogens with one attached hydrogen (secondary N) is 2. The van der Waals surface area contributed by atoms with Crippen LogP contribution in [0.3, 0.4) is 0 Å². The third-order valence-electron chi connectivity index (χ3n) is 3.82. The number of carbonyl (C=O) groups is 1. The first-order valence-electron chi connectivity index (χ1n) is 8.57. The van der Waals surface area contributed by atoms with Crippen molar-refractivity contribution in [1.82, 2.24) is 10.0 Å². The summed E-state index contributed by atoms with van der Waals surface area (Å²) < 4.78 is 32.7. The van der Waals surface area contributed by atoms with E-state index in [9.17, 15) is 13.2 Å². The van der Waals surface area contributed by atoms with Gasteiger partial charge in [0, 0.05) is 17.6 Å². The van der Waals surface area contributed by atoms with Crippen molar-refractivity contribution < 1.29 is 17.9 Å². The maximum Gasteiger partial charge on any atom is 0.251 e. The molecular weight excluding hydrogens is 364 g/mol. The summed E-state index contributed by atoms with van der Waals surface area (Å²) in [5, 5.41) is 2.83. The first kappa shape index (κ1) is 20.9. The molecular formula is C20H26N2O4S. The van der Waals surface area contributed by atoms with Crippen molar-refractivity contribution in [2.45, 2.75) is 44.7 Å². The number of sulfonamides is 1. The summed E-state index contributed by atoms with van der Waals surface area (Å²) in [4.78, 5) is 12.6. The molecule has 0 aliphatic rings. The van der Waals surface area contributed by atoms with Gasteiger partial charge in [-0.15, -0.1) is 0 Å². The van der Waals surface area contributed by atoms with Crippen molar-refractivity contribution in [3.63, 3.8) is 0 Å². The zero-order chi connectivity index (χ0) is 20.2. The third-order valence-corrected chi connectivity index (χ3v) is 5.57. The molecule has 0 bridgehead atoms. The van der Waals surface area contributed by atoms with Gasteiger partial charge < -0.3 is 10.1 Å². The number of hydrogen-bond acceptors (Lipinski definition) is 4. The minimum absolute atomic E-state index is 0.0672. The molecule has 0 radical (unpaired) electrons. The van der Waals surface area contributed by atoms with Crippen LogP contribution >= 0.6 is 0 Å². The van der Waals surface area contributed by atoms with Crippen LogP contribution in [-0.2, 0) is 16.6 Å². The maximum atomic E-state index is 12.6. The first-order valence-corrected chi connectivity index (χ1v) is 10.1. The molecule has 2 rings (SSSR count). The number of methoxy groups -OCH3 is 1. The van der Waals surface area contributed by atoms with Crippen molar-refractivity contribution >= 4 is 15.9 Å². The molecule has 2 aromatic rings. The van der Waals surface area contributed by atoms with Gasteiger partial charge in [0.2, 0.25) is 10.0 Å². The van der Waals surface area contributed by atoms with Crippen LogP contribution in [0.4, 0.5) is 0 Å². The standard InChI is InChI=1S/C20H26N2O4S/c1-14-6-11-17(27(24,25)22-20(2,3)4)12-18(14)19(23)21-13-15-7-9-16(26-5)10-8-15/h6-12,22H,13H2,1-5H3,(H,21,23). The van der Waals surface area contributed by atoms with E-state index in [0.29, 0.717) is 17.7 Å². The second kappa shape index (κ2) is 8.10. The van der Waals surface area contributed by atoms with Crippen LogP contribution in [0.5, 0.6) is 5.75 Å². The molecule has 7 heteroatoms. The second-order valence-electron chi connectivity index (χ2n) is 7.36. The lowest BCUT2D eigenvalue weighted by Gasteiger charge is -2.20. The van der Waals surface area contributed by atoms with Gasteiger partial charge in [0.25, 0.3) is 5.91 Å². The highest BCUT2D eigenvalue weighted by molar-refractivity contribution is 7.89. The van der Waals surface area contributed by atoms with Gasteiger partial charge >= 0.3 is 0 Å². The zero-order valence-electron chi connectivity index (χ0n) is 16.3. The van der Waals surface area contributed by atoms with E-state index in [1.807, 2.05) is 24.3 Å². The summed E-state index contributed by atoms with van der Waals surface area (Å²) in [6.45, 7) is 7.40. The Balaban J connectivity index is 2.18. The predicted octanol–water partition coefficient (Wildman–Crippen LogP) is 3.01. The fourth-order valence-electron chi connectivity index (χ4n) is 2.50. The average molecular weight is 391 g/mol. The molecule has 0 unspecified atom stereocenters. The molecule has 0 fully saturated rings. The Labute approximate surface area is 161 Å². The van der Waals surface area contributed by atoms with Crippen LogP contribution < -0.4 is 14.8 Å². The van der Waals surface area contributed by atoms with Crippen LogP contribution in [0.15, 0.2) is 47.4 Å². The summed E-state index contributed by atoms with van der Waals surface area (Å²) >= 11 is 0. The molecule has 0 aliphatic carbocycles. The SMILES string of the molecule is COc1ccc(CNC(=O)c2cc(S(=O)(=O)NC(C)(C)C)ccc2C)cc1. The van der Waals surface area contributed by atoms with E-state index in [-0.39, 0.29) is 10.8 Å². The van der Waals surface area contributed by atoms with Crippen molar-refractivity contribution in [3.8, 4) is 5.75 Å². The Morgan fingerprint density at radius 2 is 1.70 bits per heavy atom. The monoisotopic (exact) mass is 390 g/mol. The van der Waals surface area contributed by atoms with Gasteiger partial charge in [0.15, 0.2) is 0 Å². The summed E-state index contributed by atoms with van der Waals surface area (Å²) in [6.07, 6.45) is 0. The maximum absolute atomic E-state index is 12.6. The lowest BCUT2D eigenvalue weighted by atomic mass is 10.1. The quantitative estimate of drug-likeness (QED) is 0.794. The lowest BCUT2D eigenvalue weighted by molar-refractivity contribution is 0.0950. The molecule has 1 amide bonds. The van der Waals surface area contributed by atoms with Crippen molar-refractivity contribution in [1.29, 1.82) is 0 Å². The fraction of sp³-hybridized carbons (Fsp3) is 0.350. The summed E-state index contributed by atoms with van der Waals surface area (Å²) in [7, 11) is -2.12. The van der Waals surface area contributed by atoms with Gasteiger partial charge in [-0.3, -0.25) is 4.79 Å². The minimum Gasteiger partial charge on any atom is -0.497 e. The van der Waals surface area contributed by atoms with Crippen molar-refractivity contribution in [2.75, 3.05) is 7.11 Å². The molecule has 0 aromatic heterocycles. The molecule has 6 nitrogen and oxygen atoms in total. The van der Waals surface area contributed by atoms with Crippen LogP contribution in [0.1, 0.15) is 42.3 Å². The summed E-state index contributed by atoms with van der Waals surface area (Å²) in [5.74, 6) is 0.418. The van der Waals surface area contributed by atoms with Gasteiger partial charge in [-0.25, -0.2) is 13.1 Å². The number of aryl methyl sites for hydroxylation is 1. The highest BCUT2D eigenvalue weighted by Gasteiger charge is 2.23. The molecule has 0 saturated heterocycles. The minimum atomic E-state index is -3.71. The van der Waals surface area contributed by atoms with Crippen LogP contribution in [-0.4, -0.2) is 27.0 Å². The normalized spacial score (nSPS) is 11.9. The Morgan fingerprint density at radius 3 is 2.26 bits per heavy atom. The predicted molar refractivity (Wildman–Crippen MR) is 105 cm³/mol. The van der Waals surface area contributed by atoms with Gasteiger partial charge in [-0.2, -0.15) is 0 Å². The molecule has 0 atom stereocenters. The van der Waals surface area contributed by atoms with E-state index < -0.39 is 15.6 Å². The number of benzene rings is 2. The molecule has 0 saturated carbocycles. The molecule has 27 heavy (non-hydrogen) atoms. The van der Waals surface area contributed by atoms with Crippen LogP contribution in [0, 0.1) is 6.92 Å². The van der Waals surface area contributed by atoms with Gasteiger partial charge in [0.05, 0.1) is 12.0 Å². The molecule has 0 aliphatic heterocycles. The Morgan fingerprint density at radius 1 is 1.07 bits per heavy atom. The molecule has 0 spiro atoms. The highest BCUT2D eigenvalue weighted by atomic mass is 32.2. The number of amides is 1. The average Bonchev–Trinajstić information content (AvgIpc) is 2.58. The van der Waals surface area contributed by atoms with Gasteiger partial charge in [0.1, 0.15) is 5.75 Å². The largest absolute Gasteiger partial charge is 0.497 e. The number of carbonyl (C=O) groups excluding carboxylic acids is 1. The van der Waals surface area contributed by atoms with E-state index in [1.54, 1.807) is 40.9 Å². The van der Waals surface area contributed by atoms with E-state index in [2.05, 4.69) is 10.0 Å². The summed E-state index contributed by atoms with van der Waals surface area (Å²) in [5.41, 5.74) is 1.35. The molecule has 0 heterocycles. The topological polar surface area (TPSA) is 84.5 Å². The van der Waals surface area contributed by atoms with Crippen molar-refractivity contribution in [2.24, 2.45) is 0 Å². The van der Waals surface area contributed by atoms with Crippen molar-refractivity contribution in [3.05, 3.63) is 59.2 Å². The molecule has 2 N–H and O–H groups in total. The number of hydrogen-bond donors (Lipinski definition) is 2. The highest BCUT2D eigenvalue weighted by Crippen LogP contribution is 2.18. The van der Waals surface area contributed by atoms with Crippen LogP contribution in [0.25, 0.3) is 0 Å². The number of rotatable bonds is 6. The lowest BCUT2D eigenvalue weighted by Crippen LogP contribution is -2.40. The summed E-state index contributed by atoms with van der Waals surface area (Å²) in [6, 6.07) is 11.9. The number of ether oxygens (including phenoxy) is 1. The van der Waals surface area contributed by atoms with Gasteiger partial charge in [-0.05, 0) is 63.1 Å². The zero-order valence-corrected chi connectivity index (χ0v) is 17.1. The Hall–Kier alpha value is -2.38. The smallest absolute Gasteiger partial charge is 0.251 e. The Bertz CT molecular complexity index is 914. The van der Waals surface area contributed by atoms with Crippen LogP contribution in [0.2, 0.25) is 0 Å². The van der Waals surface area contributed by atoms with E-state index in [1.165, 1.54) is 12.1 Å². The first-order chi connectivity index (χ1) is 12.5. The second-order valence-corrected chi connectivity index (χ2v) is 9.05. The van der Waals surface area contributed by atoms with Gasteiger partial charge in [-0.1, -0.05) is 18.2 Å². The fourth-order valence-corrected chi connectivity index (χ4v) is 3.94. The van der Waals surface area contributed by atoms with E-state index in [0.717, 1.165) is 11.3 Å². The van der Waals surface area contributed by atoms with E-state index in [4.69, 9.17) is 4.74 Å². The third kappa shape index (κ3) is 5.80. The Kier molecular flexibility index (Phi) is 6.28.